The molecule has 0 atom stereocenters. The van der Waals surface area contributed by atoms with Gasteiger partial charge in [-0.25, -0.2) is 13.2 Å². The van der Waals surface area contributed by atoms with Crippen molar-refractivity contribution in [2.75, 3.05) is 0 Å². The molecule has 0 aliphatic rings. The Bertz CT molecular complexity index is 418. The second-order valence-corrected chi connectivity index (χ2v) is 4.02. The van der Waals surface area contributed by atoms with E-state index in [4.69, 9.17) is 5.11 Å². The van der Waals surface area contributed by atoms with Gasteiger partial charge in [0.15, 0.2) is 0 Å². The molecule has 0 heterocycles. The van der Waals surface area contributed by atoms with Crippen molar-refractivity contribution in [3.8, 4) is 0 Å². The zero-order chi connectivity index (χ0) is 13.2. The third kappa shape index (κ3) is 3.22. The van der Waals surface area contributed by atoms with Crippen molar-refractivity contribution in [1.29, 1.82) is 0 Å². The highest BCUT2D eigenvalue weighted by Gasteiger charge is 2.32. The first-order chi connectivity index (χ1) is 7.74. The molecule has 0 radical (unpaired) electrons. The van der Waals surface area contributed by atoms with Gasteiger partial charge in [-0.1, -0.05) is 0 Å². The summed E-state index contributed by atoms with van der Waals surface area (Å²) in [7, 11) is 0. The van der Waals surface area contributed by atoms with Crippen LogP contribution >= 0.6 is 0 Å². The van der Waals surface area contributed by atoms with Crippen molar-refractivity contribution in [1.82, 2.24) is 0 Å². The Morgan fingerprint density at radius 2 is 1.76 bits per heavy atom. The van der Waals surface area contributed by atoms with Gasteiger partial charge in [-0.3, -0.25) is 4.79 Å². The van der Waals surface area contributed by atoms with E-state index in [0.717, 1.165) is 12.1 Å². The standard InChI is InChI=1S/C12H13F3O2/c1-7-5-9(6-8(2)11(7)13)12(14,15)4-3-10(16)17/h5-6H,3-4H2,1-2H3,(H,16,17). The summed E-state index contributed by atoms with van der Waals surface area (Å²) in [6.07, 6.45) is -1.41. The maximum atomic E-state index is 13.6. The predicted molar refractivity (Wildman–Crippen MR) is 56.6 cm³/mol. The molecule has 1 aromatic carbocycles. The van der Waals surface area contributed by atoms with Gasteiger partial charge in [-0.15, -0.1) is 0 Å². The molecule has 0 unspecified atom stereocenters. The number of benzene rings is 1. The van der Waals surface area contributed by atoms with Gasteiger partial charge in [0.05, 0.1) is 6.42 Å². The maximum Gasteiger partial charge on any atom is 0.303 e. The lowest BCUT2D eigenvalue weighted by Crippen LogP contribution is -2.16. The van der Waals surface area contributed by atoms with Crippen LogP contribution in [0.25, 0.3) is 0 Å². The normalized spacial score (nSPS) is 11.6. The molecule has 2 nitrogen and oxygen atoms in total. The van der Waals surface area contributed by atoms with Crippen LogP contribution in [-0.2, 0) is 10.7 Å². The van der Waals surface area contributed by atoms with Gasteiger partial charge in [0, 0.05) is 12.0 Å². The summed E-state index contributed by atoms with van der Waals surface area (Å²) in [5, 5.41) is 8.38. The molecule has 0 aromatic heterocycles. The van der Waals surface area contributed by atoms with Gasteiger partial charge in [-0.05, 0) is 37.1 Å². The molecule has 0 fully saturated rings. The highest BCUT2D eigenvalue weighted by Crippen LogP contribution is 2.34. The summed E-state index contributed by atoms with van der Waals surface area (Å²) < 4.78 is 40.5. The first-order valence-corrected chi connectivity index (χ1v) is 5.11. The molecular formula is C12H13F3O2. The van der Waals surface area contributed by atoms with E-state index in [-0.39, 0.29) is 16.7 Å². The number of aryl methyl sites for hydroxylation is 2. The van der Waals surface area contributed by atoms with Crippen molar-refractivity contribution in [2.45, 2.75) is 32.6 Å². The van der Waals surface area contributed by atoms with E-state index in [1.807, 2.05) is 0 Å². The molecule has 1 aromatic rings. The third-order valence-electron chi connectivity index (χ3n) is 2.51. The fourth-order valence-electron chi connectivity index (χ4n) is 1.57. The Labute approximate surface area is 97.1 Å². The lowest BCUT2D eigenvalue weighted by Gasteiger charge is -2.17. The van der Waals surface area contributed by atoms with Crippen LogP contribution in [0.4, 0.5) is 13.2 Å². The van der Waals surface area contributed by atoms with Crippen LogP contribution in [0, 0.1) is 19.7 Å². The minimum absolute atomic E-state index is 0.134. The molecule has 0 bridgehead atoms. The largest absolute Gasteiger partial charge is 0.481 e. The first kappa shape index (κ1) is 13.5. The number of halogens is 3. The van der Waals surface area contributed by atoms with E-state index >= 15 is 0 Å². The number of carboxylic acid groups (broad SMARTS) is 1. The molecule has 0 aliphatic carbocycles. The Morgan fingerprint density at radius 1 is 1.29 bits per heavy atom. The van der Waals surface area contributed by atoms with E-state index in [1.165, 1.54) is 13.8 Å². The molecule has 0 saturated carbocycles. The minimum atomic E-state index is -3.25. The van der Waals surface area contributed by atoms with Crippen LogP contribution in [0.15, 0.2) is 12.1 Å². The minimum Gasteiger partial charge on any atom is -0.481 e. The summed E-state index contributed by atoms with van der Waals surface area (Å²) in [6.45, 7) is 2.80. The number of rotatable bonds is 4. The molecule has 0 amide bonds. The number of aliphatic carboxylic acids is 1. The lowest BCUT2D eigenvalue weighted by atomic mass is 9.99. The maximum absolute atomic E-state index is 13.6. The summed E-state index contributed by atoms with van der Waals surface area (Å²) in [6, 6.07) is 2.12. The van der Waals surface area contributed by atoms with Gasteiger partial charge >= 0.3 is 5.97 Å². The van der Waals surface area contributed by atoms with E-state index in [2.05, 4.69) is 0 Å². The van der Waals surface area contributed by atoms with E-state index in [0.29, 0.717) is 0 Å². The molecular weight excluding hydrogens is 233 g/mol. The van der Waals surface area contributed by atoms with Crippen LogP contribution in [0.3, 0.4) is 0 Å². The van der Waals surface area contributed by atoms with Crippen LogP contribution in [0.2, 0.25) is 0 Å². The fraction of sp³-hybridized carbons (Fsp3) is 0.417. The number of carbonyl (C=O) groups is 1. The van der Waals surface area contributed by atoms with Crippen molar-refractivity contribution in [3.63, 3.8) is 0 Å². The molecule has 0 spiro atoms. The van der Waals surface area contributed by atoms with Crippen LogP contribution in [0.5, 0.6) is 0 Å². The molecule has 0 aliphatic heterocycles. The Balaban J connectivity index is 3.02. The summed E-state index contributed by atoms with van der Waals surface area (Å²) in [4.78, 5) is 10.3. The highest BCUT2D eigenvalue weighted by molar-refractivity contribution is 5.66. The van der Waals surface area contributed by atoms with Crippen LogP contribution in [0.1, 0.15) is 29.5 Å². The Kier molecular flexibility index (Phi) is 3.80. The van der Waals surface area contributed by atoms with E-state index < -0.39 is 30.6 Å². The number of alkyl halides is 2. The van der Waals surface area contributed by atoms with Gasteiger partial charge in [0.25, 0.3) is 5.92 Å². The van der Waals surface area contributed by atoms with Crippen molar-refractivity contribution in [3.05, 3.63) is 34.6 Å². The van der Waals surface area contributed by atoms with E-state index in [9.17, 15) is 18.0 Å². The molecule has 5 heteroatoms. The van der Waals surface area contributed by atoms with Gasteiger partial charge in [-0.2, -0.15) is 0 Å². The number of carboxylic acids is 1. The average Bonchev–Trinajstić information content (AvgIpc) is 2.22. The van der Waals surface area contributed by atoms with Gasteiger partial charge < -0.3 is 5.11 Å². The summed E-state index contributed by atoms with van der Waals surface area (Å²) >= 11 is 0. The van der Waals surface area contributed by atoms with Crippen molar-refractivity contribution < 1.29 is 23.1 Å². The quantitative estimate of drug-likeness (QED) is 0.884. The van der Waals surface area contributed by atoms with Crippen molar-refractivity contribution >= 4 is 5.97 Å². The predicted octanol–water partition coefficient (Wildman–Crippen LogP) is 3.40. The van der Waals surface area contributed by atoms with Crippen molar-refractivity contribution in [2.24, 2.45) is 0 Å². The average molecular weight is 246 g/mol. The zero-order valence-corrected chi connectivity index (χ0v) is 9.56. The first-order valence-electron chi connectivity index (χ1n) is 5.11. The third-order valence-corrected chi connectivity index (χ3v) is 2.51. The van der Waals surface area contributed by atoms with Crippen LogP contribution < -0.4 is 0 Å². The monoisotopic (exact) mass is 246 g/mol. The zero-order valence-electron chi connectivity index (χ0n) is 9.56. The molecule has 17 heavy (non-hydrogen) atoms. The summed E-state index contributed by atoms with van der Waals surface area (Å²) in [5.74, 6) is -5.04. The Hall–Kier alpha value is -1.52. The second-order valence-electron chi connectivity index (χ2n) is 4.02. The molecule has 0 saturated heterocycles. The lowest BCUT2D eigenvalue weighted by molar-refractivity contribution is -0.139. The van der Waals surface area contributed by atoms with E-state index in [1.54, 1.807) is 0 Å². The molecule has 1 N–H and O–H groups in total. The van der Waals surface area contributed by atoms with Gasteiger partial charge in [0.1, 0.15) is 5.82 Å². The smallest absolute Gasteiger partial charge is 0.303 e. The number of hydrogen-bond donors (Lipinski definition) is 1. The highest BCUT2D eigenvalue weighted by atomic mass is 19.3. The second kappa shape index (κ2) is 4.77. The number of hydrogen-bond acceptors (Lipinski definition) is 1. The topological polar surface area (TPSA) is 37.3 Å². The molecule has 1 rings (SSSR count). The fourth-order valence-corrected chi connectivity index (χ4v) is 1.57. The van der Waals surface area contributed by atoms with Gasteiger partial charge in [0.2, 0.25) is 0 Å². The summed E-state index contributed by atoms with van der Waals surface area (Å²) in [5.41, 5.74) is -0.0693. The SMILES string of the molecule is Cc1cc(C(F)(F)CCC(=O)O)cc(C)c1F. The Morgan fingerprint density at radius 3 is 2.18 bits per heavy atom. The molecule has 94 valence electrons. The van der Waals surface area contributed by atoms with Crippen LogP contribution in [-0.4, -0.2) is 11.1 Å².